The van der Waals surface area contributed by atoms with E-state index in [4.69, 9.17) is 0 Å². The average Bonchev–Trinajstić information content (AvgIpc) is 2.46. The third-order valence-electron chi connectivity index (χ3n) is 4.85. The Bertz CT molecular complexity index is 470. The highest BCUT2D eigenvalue weighted by Gasteiger charge is 2.44. The molecule has 2 fully saturated rings. The van der Waals surface area contributed by atoms with Crippen LogP contribution in [-0.4, -0.2) is 20.9 Å². The second-order valence-electron chi connectivity index (χ2n) is 6.20. The lowest BCUT2D eigenvalue weighted by Crippen LogP contribution is -2.37. The molecule has 0 N–H and O–H groups in total. The number of ketones is 1. The van der Waals surface area contributed by atoms with Gasteiger partial charge in [-0.1, -0.05) is 19.3 Å². The lowest BCUT2D eigenvalue weighted by molar-refractivity contribution is -0.128. The van der Waals surface area contributed by atoms with Gasteiger partial charge in [0, 0.05) is 11.8 Å². The molecular formula is C14H21Br3O3S. The van der Waals surface area contributed by atoms with Crippen molar-refractivity contribution in [3.05, 3.63) is 0 Å². The van der Waals surface area contributed by atoms with Gasteiger partial charge in [-0.15, -0.1) is 0 Å². The van der Waals surface area contributed by atoms with Gasteiger partial charge in [-0.2, -0.15) is 0 Å². The fourth-order valence-electron chi connectivity index (χ4n) is 3.57. The Labute approximate surface area is 152 Å². The summed E-state index contributed by atoms with van der Waals surface area (Å²) in [4.78, 5) is 12.5. The first-order chi connectivity index (χ1) is 9.73. The molecule has 0 radical (unpaired) electrons. The third-order valence-corrected chi connectivity index (χ3v) is 10.9. The van der Waals surface area contributed by atoms with Crippen LogP contribution in [0.2, 0.25) is 0 Å². The molecule has 21 heavy (non-hydrogen) atoms. The van der Waals surface area contributed by atoms with Crippen LogP contribution in [0.5, 0.6) is 0 Å². The Balaban J connectivity index is 1.93. The summed E-state index contributed by atoms with van der Waals surface area (Å²) in [7, 11) is -3.33. The summed E-state index contributed by atoms with van der Waals surface area (Å²) in [6.45, 7) is 0. The van der Waals surface area contributed by atoms with Crippen LogP contribution in [0, 0.1) is 11.8 Å². The largest absolute Gasteiger partial charge is 0.299 e. The second-order valence-corrected chi connectivity index (χ2v) is 16.9. The highest BCUT2D eigenvalue weighted by molar-refractivity contribution is 9.42. The number of hydrogen-bond donors (Lipinski definition) is 0. The molecule has 2 saturated carbocycles. The maximum Gasteiger partial charge on any atom is 0.235 e. The number of alkyl halides is 3. The number of halogens is 3. The zero-order chi connectivity index (χ0) is 15.7. The first-order valence-electron chi connectivity index (χ1n) is 7.57. The molecular weight excluding hydrogens is 488 g/mol. The van der Waals surface area contributed by atoms with Crippen LogP contribution < -0.4 is 0 Å². The van der Waals surface area contributed by atoms with E-state index in [-0.39, 0.29) is 17.1 Å². The smallest absolute Gasteiger partial charge is 0.235 e. The average molecular weight is 509 g/mol. The lowest BCUT2D eigenvalue weighted by Gasteiger charge is -2.32. The summed E-state index contributed by atoms with van der Waals surface area (Å²) in [6, 6.07) is 0. The van der Waals surface area contributed by atoms with Gasteiger partial charge in [-0.25, -0.2) is 8.42 Å². The van der Waals surface area contributed by atoms with Crippen molar-refractivity contribution in [1.82, 2.24) is 0 Å². The molecule has 2 aliphatic rings. The number of carbonyl (C=O) groups is 1. The van der Waals surface area contributed by atoms with Crippen molar-refractivity contribution in [3.63, 3.8) is 0 Å². The lowest BCUT2D eigenvalue weighted by atomic mass is 9.76. The van der Waals surface area contributed by atoms with E-state index in [0.29, 0.717) is 31.5 Å². The molecule has 0 spiro atoms. The summed E-state index contributed by atoms with van der Waals surface area (Å²) < 4.78 is 23.5. The molecule has 7 heteroatoms. The van der Waals surface area contributed by atoms with Crippen molar-refractivity contribution in [2.24, 2.45) is 11.8 Å². The molecule has 0 aromatic heterocycles. The van der Waals surface area contributed by atoms with Crippen LogP contribution in [0.1, 0.15) is 57.8 Å². The van der Waals surface area contributed by atoms with Crippen molar-refractivity contribution in [1.29, 1.82) is 0 Å². The van der Waals surface area contributed by atoms with Crippen molar-refractivity contribution < 1.29 is 13.2 Å². The van der Waals surface area contributed by atoms with Gasteiger partial charge in [-0.3, -0.25) is 4.79 Å². The summed E-state index contributed by atoms with van der Waals surface area (Å²) in [5.41, 5.74) is 0. The first-order valence-corrected chi connectivity index (χ1v) is 11.5. The zero-order valence-electron chi connectivity index (χ0n) is 11.9. The summed E-state index contributed by atoms with van der Waals surface area (Å²) in [6.07, 6.45) is 8.23. The van der Waals surface area contributed by atoms with E-state index in [1.165, 1.54) is 19.3 Å². The predicted molar refractivity (Wildman–Crippen MR) is 95.8 cm³/mol. The van der Waals surface area contributed by atoms with E-state index in [2.05, 4.69) is 47.8 Å². The topological polar surface area (TPSA) is 51.2 Å². The minimum Gasteiger partial charge on any atom is -0.299 e. The number of Topliss-reactive ketones (excluding diaryl/α,β-unsaturated/α-hetero) is 1. The number of hydrogen-bond acceptors (Lipinski definition) is 3. The van der Waals surface area contributed by atoms with Crippen LogP contribution in [0.25, 0.3) is 0 Å². The van der Waals surface area contributed by atoms with E-state index < -0.39 is 11.3 Å². The highest BCUT2D eigenvalue weighted by atomic mass is 80.0. The van der Waals surface area contributed by atoms with Crippen LogP contribution in [0.4, 0.5) is 0 Å². The quantitative estimate of drug-likeness (QED) is 0.509. The monoisotopic (exact) mass is 506 g/mol. The Morgan fingerprint density at radius 2 is 1.29 bits per heavy atom. The normalized spacial score (nSPS) is 29.3. The molecule has 0 aromatic rings. The number of rotatable bonds is 3. The first kappa shape index (κ1) is 18.4. The fourth-order valence-corrected chi connectivity index (χ4v) is 7.22. The maximum atomic E-state index is 12.5. The van der Waals surface area contributed by atoms with E-state index in [1.807, 2.05) is 0 Å². The second kappa shape index (κ2) is 7.31. The molecule has 0 bridgehead atoms. The van der Waals surface area contributed by atoms with Gasteiger partial charge in [0.25, 0.3) is 0 Å². The van der Waals surface area contributed by atoms with Crippen LogP contribution >= 0.6 is 47.8 Å². The molecule has 0 unspecified atom stereocenters. The van der Waals surface area contributed by atoms with Gasteiger partial charge in [-0.05, 0) is 86.3 Å². The molecule has 122 valence electrons. The minimum atomic E-state index is -3.33. The predicted octanol–water partition coefficient (Wildman–Crippen LogP) is 4.91. The van der Waals surface area contributed by atoms with E-state index in [9.17, 15) is 13.2 Å². The minimum absolute atomic E-state index is 0.0786. The van der Waals surface area contributed by atoms with Gasteiger partial charge in [0.15, 0.2) is 9.84 Å². The Hall–Kier alpha value is 1.06. The zero-order valence-corrected chi connectivity index (χ0v) is 17.4. The van der Waals surface area contributed by atoms with E-state index >= 15 is 0 Å². The summed E-state index contributed by atoms with van der Waals surface area (Å²) in [5, 5.41) is -0.383. The van der Waals surface area contributed by atoms with Crippen LogP contribution in [0.15, 0.2) is 0 Å². The van der Waals surface area contributed by atoms with Gasteiger partial charge in [0.2, 0.25) is 1.47 Å². The summed E-state index contributed by atoms with van der Waals surface area (Å²) >= 11 is 9.36. The van der Waals surface area contributed by atoms with Crippen molar-refractivity contribution in [2.45, 2.75) is 64.5 Å². The van der Waals surface area contributed by atoms with Gasteiger partial charge < -0.3 is 0 Å². The van der Waals surface area contributed by atoms with Gasteiger partial charge >= 0.3 is 0 Å². The van der Waals surface area contributed by atoms with Gasteiger partial charge in [0.1, 0.15) is 5.78 Å². The molecule has 3 nitrogen and oxygen atoms in total. The molecule has 0 atom stereocenters. The Morgan fingerprint density at radius 1 is 0.810 bits per heavy atom. The van der Waals surface area contributed by atoms with E-state index in [1.54, 1.807) is 0 Å². The van der Waals surface area contributed by atoms with Gasteiger partial charge in [0.05, 0.1) is 5.25 Å². The third kappa shape index (κ3) is 4.32. The SMILES string of the molecule is O=C(C1CCCCC1)C1CCC(S(=O)(=O)C(Br)(Br)Br)CC1. The molecule has 0 heterocycles. The standard InChI is InChI=1S/C14H21Br3O3S/c15-14(16,17)21(19,20)12-8-6-11(7-9-12)13(18)10-4-2-1-3-5-10/h10-12H,1-9H2. The number of sulfone groups is 1. The Morgan fingerprint density at radius 3 is 1.76 bits per heavy atom. The molecule has 2 rings (SSSR count). The van der Waals surface area contributed by atoms with Crippen molar-refractivity contribution >= 4 is 63.4 Å². The Kier molecular flexibility index (Phi) is 6.40. The maximum absolute atomic E-state index is 12.5. The molecule has 0 aliphatic heterocycles. The van der Waals surface area contributed by atoms with E-state index in [0.717, 1.165) is 12.8 Å². The summed E-state index contributed by atoms with van der Waals surface area (Å²) in [5.74, 6) is 0.711. The number of carbonyl (C=O) groups excluding carboxylic acids is 1. The van der Waals surface area contributed by atoms with Crippen molar-refractivity contribution in [2.75, 3.05) is 0 Å². The van der Waals surface area contributed by atoms with Crippen molar-refractivity contribution in [3.8, 4) is 0 Å². The molecule has 2 aliphatic carbocycles. The molecule has 0 aromatic carbocycles. The van der Waals surface area contributed by atoms with Crippen LogP contribution in [0.3, 0.4) is 0 Å². The molecule has 0 amide bonds. The fraction of sp³-hybridized carbons (Fsp3) is 0.929. The van der Waals surface area contributed by atoms with Crippen LogP contribution in [-0.2, 0) is 14.6 Å². The highest BCUT2D eigenvalue weighted by Crippen LogP contribution is 2.45. The molecule has 0 saturated heterocycles.